The van der Waals surface area contributed by atoms with E-state index in [4.69, 9.17) is 0 Å². The first-order valence-electron chi connectivity index (χ1n) is 5.96. The van der Waals surface area contributed by atoms with E-state index in [2.05, 4.69) is 5.32 Å². The maximum atomic E-state index is 10.00. The molecule has 1 aromatic rings. The molecule has 0 bridgehead atoms. The Balaban J connectivity index is 2.18. The molecule has 1 unspecified atom stereocenters. The van der Waals surface area contributed by atoms with E-state index in [1.807, 2.05) is 30.3 Å². The minimum Gasteiger partial charge on any atom is -0.396 e. The number of piperidine rings is 1. The number of β-amino-alcohol motifs (C(OH)–C–C–N with tert-alkyl or cyclic N) is 1. The smallest absolute Gasteiger partial charge is 0.0926 e. The molecule has 0 spiro atoms. The Morgan fingerprint density at radius 3 is 2.53 bits per heavy atom. The summed E-state index contributed by atoms with van der Waals surface area (Å²) >= 11 is 0. The Hall–Kier alpha value is -0.940. The molecule has 0 saturated carbocycles. The quantitative estimate of drug-likeness (QED) is 0.582. The average Bonchev–Trinajstić information content (AvgIpc) is 2.37. The van der Waals surface area contributed by atoms with Crippen molar-refractivity contribution in [1.82, 2.24) is 5.32 Å². The van der Waals surface area contributed by atoms with Crippen molar-refractivity contribution in [2.45, 2.75) is 18.1 Å². The zero-order valence-corrected chi connectivity index (χ0v) is 9.66. The third-order valence-corrected chi connectivity index (χ3v) is 3.51. The Morgan fingerprint density at radius 1 is 1.18 bits per heavy atom. The summed E-state index contributed by atoms with van der Waals surface area (Å²) in [6.07, 6.45) is -1.54. The molecule has 2 rings (SSSR count). The molecule has 4 nitrogen and oxygen atoms in total. The van der Waals surface area contributed by atoms with Crippen molar-refractivity contribution in [3.05, 3.63) is 35.9 Å². The lowest BCUT2D eigenvalue weighted by Gasteiger charge is -2.37. The van der Waals surface area contributed by atoms with Crippen molar-refractivity contribution >= 4 is 0 Å². The number of benzene rings is 1. The van der Waals surface area contributed by atoms with E-state index in [1.54, 1.807) is 0 Å². The van der Waals surface area contributed by atoms with Gasteiger partial charge in [0.15, 0.2) is 0 Å². The van der Waals surface area contributed by atoms with Crippen molar-refractivity contribution in [2.24, 2.45) is 5.92 Å². The molecule has 0 amide bonds. The predicted molar refractivity (Wildman–Crippen MR) is 64.6 cm³/mol. The van der Waals surface area contributed by atoms with Crippen LogP contribution in [0, 0.1) is 5.92 Å². The Labute approximate surface area is 101 Å². The third kappa shape index (κ3) is 2.66. The van der Waals surface area contributed by atoms with E-state index in [0.717, 1.165) is 5.56 Å². The molecule has 1 heterocycles. The summed E-state index contributed by atoms with van der Waals surface area (Å²) in [6.45, 7) is 0.989. The van der Waals surface area contributed by atoms with Gasteiger partial charge in [0.2, 0.25) is 0 Å². The van der Waals surface area contributed by atoms with Crippen molar-refractivity contribution in [2.75, 3.05) is 19.7 Å². The van der Waals surface area contributed by atoms with E-state index in [0.29, 0.717) is 13.1 Å². The van der Waals surface area contributed by atoms with E-state index in [9.17, 15) is 15.3 Å². The van der Waals surface area contributed by atoms with Crippen LogP contribution in [-0.2, 0) is 0 Å². The summed E-state index contributed by atoms with van der Waals surface area (Å²) in [5.74, 6) is -0.306. The zero-order valence-electron chi connectivity index (χ0n) is 9.66. The molecule has 1 saturated heterocycles. The number of aliphatic hydroxyl groups is 3. The van der Waals surface area contributed by atoms with Crippen LogP contribution in [0.15, 0.2) is 30.3 Å². The van der Waals surface area contributed by atoms with Crippen molar-refractivity contribution < 1.29 is 15.3 Å². The van der Waals surface area contributed by atoms with Gasteiger partial charge in [-0.1, -0.05) is 30.3 Å². The van der Waals surface area contributed by atoms with Crippen LogP contribution in [0.4, 0.5) is 0 Å². The largest absolute Gasteiger partial charge is 0.396 e. The van der Waals surface area contributed by atoms with Gasteiger partial charge in [-0.15, -0.1) is 0 Å². The molecule has 0 aliphatic carbocycles. The number of hydrogen-bond donors (Lipinski definition) is 4. The first-order valence-corrected chi connectivity index (χ1v) is 5.96. The molecule has 1 aliphatic rings. The van der Waals surface area contributed by atoms with Gasteiger partial charge in [-0.3, -0.25) is 0 Å². The first kappa shape index (κ1) is 12.5. The van der Waals surface area contributed by atoms with Gasteiger partial charge in [-0.05, 0) is 5.56 Å². The minimum absolute atomic E-state index is 0.0276. The van der Waals surface area contributed by atoms with Crippen LogP contribution in [0.25, 0.3) is 0 Å². The fourth-order valence-electron chi connectivity index (χ4n) is 2.49. The van der Waals surface area contributed by atoms with Gasteiger partial charge < -0.3 is 20.6 Å². The molecule has 0 radical (unpaired) electrons. The number of nitrogens with one attached hydrogen (secondary N) is 1. The van der Waals surface area contributed by atoms with Crippen LogP contribution in [-0.4, -0.2) is 47.2 Å². The molecule has 4 N–H and O–H groups in total. The molecule has 4 heteroatoms. The minimum atomic E-state index is -0.784. The molecule has 1 aliphatic heterocycles. The lowest BCUT2D eigenvalue weighted by atomic mass is 9.79. The highest BCUT2D eigenvalue weighted by atomic mass is 16.3. The third-order valence-electron chi connectivity index (χ3n) is 3.51. The average molecular weight is 237 g/mol. The molecular weight excluding hydrogens is 218 g/mol. The maximum Gasteiger partial charge on any atom is 0.0926 e. The Kier molecular flexibility index (Phi) is 4.12. The monoisotopic (exact) mass is 237 g/mol. The van der Waals surface area contributed by atoms with Gasteiger partial charge >= 0.3 is 0 Å². The summed E-state index contributed by atoms with van der Waals surface area (Å²) < 4.78 is 0. The molecule has 1 aromatic carbocycles. The lowest BCUT2D eigenvalue weighted by molar-refractivity contribution is -0.0472. The Morgan fingerprint density at radius 2 is 1.88 bits per heavy atom. The topological polar surface area (TPSA) is 72.7 Å². The highest BCUT2D eigenvalue weighted by molar-refractivity contribution is 5.21. The normalized spacial score (nSPS) is 31.1. The second-order valence-corrected chi connectivity index (χ2v) is 4.58. The van der Waals surface area contributed by atoms with Crippen molar-refractivity contribution in [1.29, 1.82) is 0 Å². The van der Waals surface area contributed by atoms with Crippen LogP contribution in [0.1, 0.15) is 11.5 Å². The standard InChI is InChI=1S/C13H19NO3/c15-8-11(9-4-2-1-3-5-9)10-6-14-7-12(16)13(10)17/h1-5,10-17H,6-8H2/t10?,11-,12+,13+/m0/s1. The summed E-state index contributed by atoms with van der Waals surface area (Å²) in [5, 5.41) is 32.2. The van der Waals surface area contributed by atoms with Crippen molar-refractivity contribution in [3.63, 3.8) is 0 Å². The van der Waals surface area contributed by atoms with E-state index in [-0.39, 0.29) is 18.4 Å². The van der Waals surface area contributed by atoms with Crippen molar-refractivity contribution in [3.8, 4) is 0 Å². The summed E-state index contributed by atoms with van der Waals surface area (Å²) in [7, 11) is 0. The molecular formula is C13H19NO3. The van der Waals surface area contributed by atoms with Gasteiger partial charge in [0.1, 0.15) is 0 Å². The Bertz CT molecular complexity index is 344. The van der Waals surface area contributed by atoms with Gasteiger partial charge in [0.05, 0.1) is 18.8 Å². The second-order valence-electron chi connectivity index (χ2n) is 4.58. The van der Waals surface area contributed by atoms with Crippen LogP contribution in [0.2, 0.25) is 0 Å². The lowest BCUT2D eigenvalue weighted by Crippen LogP contribution is -2.52. The van der Waals surface area contributed by atoms with Gasteiger partial charge in [0.25, 0.3) is 0 Å². The first-order chi connectivity index (χ1) is 8.24. The van der Waals surface area contributed by atoms with E-state index >= 15 is 0 Å². The summed E-state index contributed by atoms with van der Waals surface area (Å²) in [5.41, 5.74) is 0.995. The van der Waals surface area contributed by atoms with Gasteiger partial charge in [-0.25, -0.2) is 0 Å². The summed E-state index contributed by atoms with van der Waals surface area (Å²) in [6, 6.07) is 9.62. The highest BCUT2D eigenvalue weighted by Gasteiger charge is 2.36. The van der Waals surface area contributed by atoms with E-state index in [1.165, 1.54) is 0 Å². The molecule has 1 fully saturated rings. The number of aliphatic hydroxyl groups excluding tert-OH is 3. The maximum absolute atomic E-state index is 10.00. The van der Waals surface area contributed by atoms with Crippen LogP contribution < -0.4 is 5.32 Å². The predicted octanol–water partition coefficient (Wildman–Crippen LogP) is -0.296. The fourth-order valence-corrected chi connectivity index (χ4v) is 2.49. The van der Waals surface area contributed by atoms with E-state index < -0.39 is 12.2 Å². The molecule has 0 aromatic heterocycles. The number of rotatable bonds is 3. The van der Waals surface area contributed by atoms with Crippen LogP contribution in [0.3, 0.4) is 0 Å². The number of hydrogen-bond acceptors (Lipinski definition) is 4. The summed E-state index contributed by atoms with van der Waals surface area (Å²) in [4.78, 5) is 0. The van der Waals surface area contributed by atoms with Crippen LogP contribution in [0.5, 0.6) is 0 Å². The zero-order chi connectivity index (χ0) is 12.3. The SMILES string of the molecule is OC[C@@H](c1ccccc1)C1CNC[C@@H](O)[C@@H]1O. The van der Waals surface area contributed by atoms with Gasteiger partial charge in [-0.2, -0.15) is 0 Å². The van der Waals surface area contributed by atoms with Crippen LogP contribution >= 0.6 is 0 Å². The molecule has 4 atom stereocenters. The highest BCUT2D eigenvalue weighted by Crippen LogP contribution is 2.29. The second kappa shape index (κ2) is 5.60. The fraction of sp³-hybridized carbons (Fsp3) is 0.538. The molecule has 17 heavy (non-hydrogen) atoms. The molecule has 94 valence electrons. The van der Waals surface area contributed by atoms with Gasteiger partial charge in [0, 0.05) is 24.9 Å².